The van der Waals surface area contributed by atoms with Crippen molar-refractivity contribution >= 4 is 16.7 Å². The molecule has 2 rings (SSSR count). The number of aryl methyl sites for hydroxylation is 1. The number of aromatic nitrogens is 2. The monoisotopic (exact) mass is 247 g/mol. The predicted octanol–water partition coefficient (Wildman–Crippen LogP) is 2.33. The number of nitrogens with one attached hydrogen (secondary N) is 1. The van der Waals surface area contributed by atoms with E-state index in [1.54, 1.807) is 0 Å². The molecule has 1 heterocycles. The van der Waals surface area contributed by atoms with Crippen LogP contribution in [0.1, 0.15) is 26.1 Å². The van der Waals surface area contributed by atoms with E-state index < -0.39 is 0 Å². The number of hydrogen-bond acceptors (Lipinski definition) is 3. The second-order valence-electron chi connectivity index (χ2n) is 4.38. The zero-order valence-electron chi connectivity index (χ0n) is 11.1. The van der Waals surface area contributed by atoms with Crippen LogP contribution in [0.25, 0.3) is 11.0 Å². The zero-order valence-corrected chi connectivity index (χ0v) is 11.1. The van der Waals surface area contributed by atoms with Gasteiger partial charge in [0, 0.05) is 31.8 Å². The highest BCUT2D eigenvalue weighted by atomic mass is 16.2. The van der Waals surface area contributed by atoms with Gasteiger partial charge in [0.25, 0.3) is 0 Å². The van der Waals surface area contributed by atoms with Crippen LogP contribution in [0.2, 0.25) is 0 Å². The predicted molar refractivity (Wildman–Crippen MR) is 75.1 cm³/mol. The van der Waals surface area contributed by atoms with Crippen LogP contribution < -0.4 is 4.90 Å². The number of H-pyrrole nitrogens is 1. The minimum absolute atomic E-state index is 0.210. The van der Waals surface area contributed by atoms with Crippen molar-refractivity contribution in [1.82, 2.24) is 9.97 Å². The van der Waals surface area contributed by atoms with E-state index in [1.165, 1.54) is 5.69 Å². The minimum Gasteiger partial charge on any atom is -0.396 e. The number of anilines is 1. The van der Waals surface area contributed by atoms with Gasteiger partial charge in [-0.1, -0.05) is 0 Å². The molecule has 0 fully saturated rings. The number of hydrogen-bond donors (Lipinski definition) is 2. The Bertz CT molecular complexity index is 503. The van der Waals surface area contributed by atoms with Gasteiger partial charge in [0.05, 0.1) is 11.0 Å². The quantitative estimate of drug-likeness (QED) is 0.823. The van der Waals surface area contributed by atoms with Crippen molar-refractivity contribution in [3.05, 3.63) is 24.0 Å². The molecule has 0 aliphatic heterocycles. The molecule has 2 N–H and O–H groups in total. The summed E-state index contributed by atoms with van der Waals surface area (Å²) in [4.78, 5) is 10.2. The molecular formula is C14H21N3O. The van der Waals surface area contributed by atoms with Crippen LogP contribution >= 0.6 is 0 Å². The SMILES string of the molecule is CCN(CC)c1ccc2nc(CCCO)[nH]c2c1. The van der Waals surface area contributed by atoms with E-state index in [-0.39, 0.29) is 6.61 Å². The third kappa shape index (κ3) is 2.64. The molecule has 0 bridgehead atoms. The highest BCUT2D eigenvalue weighted by Crippen LogP contribution is 2.20. The van der Waals surface area contributed by atoms with Crippen molar-refractivity contribution in [2.75, 3.05) is 24.6 Å². The molecule has 0 spiro atoms. The number of aliphatic hydroxyl groups is 1. The summed E-state index contributed by atoms with van der Waals surface area (Å²) in [6.45, 7) is 6.55. The summed E-state index contributed by atoms with van der Waals surface area (Å²) in [6.07, 6.45) is 1.55. The normalized spacial score (nSPS) is 11.1. The summed E-state index contributed by atoms with van der Waals surface area (Å²) < 4.78 is 0. The fourth-order valence-corrected chi connectivity index (χ4v) is 2.20. The van der Waals surface area contributed by atoms with Gasteiger partial charge in [-0.2, -0.15) is 0 Å². The molecule has 4 nitrogen and oxygen atoms in total. The van der Waals surface area contributed by atoms with Gasteiger partial charge < -0.3 is 15.0 Å². The first kappa shape index (κ1) is 12.9. The average Bonchev–Trinajstić information content (AvgIpc) is 2.80. The summed E-state index contributed by atoms with van der Waals surface area (Å²) in [5.41, 5.74) is 3.30. The number of imidazole rings is 1. The largest absolute Gasteiger partial charge is 0.396 e. The smallest absolute Gasteiger partial charge is 0.107 e. The topological polar surface area (TPSA) is 52.1 Å². The first-order valence-corrected chi connectivity index (χ1v) is 6.63. The number of fused-ring (bicyclic) bond motifs is 1. The first-order valence-electron chi connectivity index (χ1n) is 6.63. The maximum atomic E-state index is 8.83. The maximum Gasteiger partial charge on any atom is 0.107 e. The van der Waals surface area contributed by atoms with Gasteiger partial charge in [0.2, 0.25) is 0 Å². The second-order valence-corrected chi connectivity index (χ2v) is 4.38. The summed E-state index contributed by atoms with van der Waals surface area (Å²) in [5.74, 6) is 0.954. The van der Waals surface area contributed by atoms with Crippen LogP contribution in [0.4, 0.5) is 5.69 Å². The summed E-state index contributed by atoms with van der Waals surface area (Å²) >= 11 is 0. The van der Waals surface area contributed by atoms with Crippen molar-refractivity contribution in [3.63, 3.8) is 0 Å². The number of rotatable bonds is 6. The Labute approximate surface area is 108 Å². The van der Waals surface area contributed by atoms with E-state index in [0.717, 1.165) is 42.8 Å². The molecule has 0 saturated carbocycles. The Kier molecular flexibility index (Phi) is 4.20. The van der Waals surface area contributed by atoms with Crippen LogP contribution in [-0.4, -0.2) is 34.8 Å². The Morgan fingerprint density at radius 1 is 1.28 bits per heavy atom. The van der Waals surface area contributed by atoms with Crippen molar-refractivity contribution < 1.29 is 5.11 Å². The minimum atomic E-state index is 0.210. The summed E-state index contributed by atoms with van der Waals surface area (Å²) in [7, 11) is 0. The zero-order chi connectivity index (χ0) is 13.0. The van der Waals surface area contributed by atoms with E-state index in [0.29, 0.717) is 0 Å². The van der Waals surface area contributed by atoms with Crippen LogP contribution in [0.3, 0.4) is 0 Å². The van der Waals surface area contributed by atoms with E-state index in [2.05, 4.69) is 46.9 Å². The Balaban J connectivity index is 2.27. The van der Waals surface area contributed by atoms with Gasteiger partial charge in [-0.15, -0.1) is 0 Å². The highest BCUT2D eigenvalue weighted by molar-refractivity contribution is 5.79. The molecule has 1 aromatic heterocycles. The van der Waals surface area contributed by atoms with Gasteiger partial charge in [0.15, 0.2) is 0 Å². The van der Waals surface area contributed by atoms with E-state index >= 15 is 0 Å². The van der Waals surface area contributed by atoms with Crippen molar-refractivity contribution in [2.24, 2.45) is 0 Å². The van der Waals surface area contributed by atoms with Gasteiger partial charge in [-0.05, 0) is 38.5 Å². The van der Waals surface area contributed by atoms with E-state index in [1.807, 2.05) is 0 Å². The molecule has 0 saturated heterocycles. The van der Waals surface area contributed by atoms with Gasteiger partial charge in [-0.3, -0.25) is 0 Å². The fraction of sp³-hybridized carbons (Fsp3) is 0.500. The fourth-order valence-electron chi connectivity index (χ4n) is 2.20. The first-order chi connectivity index (χ1) is 8.78. The molecule has 2 aromatic rings. The molecular weight excluding hydrogens is 226 g/mol. The van der Waals surface area contributed by atoms with Crippen molar-refractivity contribution in [3.8, 4) is 0 Å². The lowest BCUT2D eigenvalue weighted by Gasteiger charge is -2.20. The lowest BCUT2D eigenvalue weighted by atomic mass is 10.2. The van der Waals surface area contributed by atoms with Crippen LogP contribution in [0.5, 0.6) is 0 Å². The van der Waals surface area contributed by atoms with Crippen molar-refractivity contribution in [1.29, 1.82) is 0 Å². The number of nitrogens with zero attached hydrogens (tertiary/aromatic N) is 2. The molecule has 0 atom stereocenters. The molecule has 0 amide bonds. The Morgan fingerprint density at radius 3 is 2.72 bits per heavy atom. The van der Waals surface area contributed by atoms with Gasteiger partial charge in [0.1, 0.15) is 5.82 Å². The maximum absolute atomic E-state index is 8.83. The summed E-state index contributed by atoms with van der Waals surface area (Å²) in [6, 6.07) is 6.33. The molecule has 0 radical (unpaired) electrons. The standard InChI is InChI=1S/C14H21N3O/c1-3-17(4-2)11-7-8-12-13(10-11)16-14(15-12)6-5-9-18/h7-8,10,18H,3-6,9H2,1-2H3,(H,15,16). The molecule has 98 valence electrons. The van der Waals surface area contributed by atoms with Crippen LogP contribution in [-0.2, 0) is 6.42 Å². The number of aliphatic hydroxyl groups excluding tert-OH is 1. The Morgan fingerprint density at radius 2 is 2.06 bits per heavy atom. The number of benzene rings is 1. The molecule has 0 aliphatic carbocycles. The van der Waals surface area contributed by atoms with Crippen LogP contribution in [0.15, 0.2) is 18.2 Å². The average molecular weight is 247 g/mol. The molecule has 18 heavy (non-hydrogen) atoms. The van der Waals surface area contributed by atoms with E-state index in [4.69, 9.17) is 5.11 Å². The highest BCUT2D eigenvalue weighted by Gasteiger charge is 2.06. The second kappa shape index (κ2) is 5.87. The van der Waals surface area contributed by atoms with Crippen molar-refractivity contribution in [2.45, 2.75) is 26.7 Å². The third-order valence-corrected chi connectivity index (χ3v) is 3.21. The Hall–Kier alpha value is -1.55. The molecule has 1 aromatic carbocycles. The van der Waals surface area contributed by atoms with Gasteiger partial charge >= 0.3 is 0 Å². The molecule has 0 unspecified atom stereocenters. The van der Waals surface area contributed by atoms with Crippen LogP contribution in [0, 0.1) is 0 Å². The lowest BCUT2D eigenvalue weighted by molar-refractivity contribution is 0.287. The lowest BCUT2D eigenvalue weighted by Crippen LogP contribution is -2.21. The molecule has 0 aliphatic rings. The van der Waals surface area contributed by atoms with Gasteiger partial charge in [-0.25, -0.2) is 4.98 Å². The number of aromatic amines is 1. The summed E-state index contributed by atoms with van der Waals surface area (Å²) in [5, 5.41) is 8.83. The third-order valence-electron chi connectivity index (χ3n) is 3.21. The molecule has 4 heteroatoms. The van der Waals surface area contributed by atoms with E-state index in [9.17, 15) is 0 Å².